The normalized spacial score (nSPS) is 11.1. The fourth-order valence-corrected chi connectivity index (χ4v) is 0.523. The first-order chi connectivity index (χ1) is 4.63. The van der Waals surface area contributed by atoms with Gasteiger partial charge < -0.3 is 31.5 Å². The second-order valence-corrected chi connectivity index (χ2v) is 2.11. The van der Waals surface area contributed by atoms with Crippen LogP contribution in [0.3, 0.4) is 0 Å². The number of hydrogen-bond donors (Lipinski definition) is 1. The number of nitrogens with zero attached hydrogens (tertiary/aromatic N) is 1. The largest absolute Gasteiger partial charge is 3.00 e. The van der Waals surface area contributed by atoms with Gasteiger partial charge in [-0.2, -0.15) is 0 Å². The first-order valence-electron chi connectivity index (χ1n) is 3.17. The summed E-state index contributed by atoms with van der Waals surface area (Å²) in [5.41, 5.74) is 0. The smallest absolute Gasteiger partial charge is 0.360 e. The minimum atomic E-state index is -0.331. The van der Waals surface area contributed by atoms with Gasteiger partial charge in [0.1, 0.15) is 0 Å². The van der Waals surface area contributed by atoms with Crippen LogP contribution in [0.25, 0.3) is 0 Å². The summed E-state index contributed by atoms with van der Waals surface area (Å²) in [5, 5.41) is 2.51. The van der Waals surface area contributed by atoms with E-state index in [0.717, 1.165) is 0 Å². The van der Waals surface area contributed by atoms with Gasteiger partial charge in [-0.25, -0.2) is 0 Å². The van der Waals surface area contributed by atoms with E-state index >= 15 is 0 Å². The van der Waals surface area contributed by atoms with E-state index in [2.05, 4.69) is 19.2 Å². The molecule has 0 aromatic carbocycles. The summed E-state index contributed by atoms with van der Waals surface area (Å²) >= 11 is 0. The van der Waals surface area contributed by atoms with Gasteiger partial charge in [-0.05, 0) is 13.1 Å². The van der Waals surface area contributed by atoms with Crippen molar-refractivity contribution in [1.82, 2.24) is 10.2 Å². The molecule has 68 valence electrons. The van der Waals surface area contributed by atoms with E-state index < -0.39 is 0 Å². The van der Waals surface area contributed by atoms with Crippen LogP contribution in [0.4, 0.5) is 0 Å². The maximum Gasteiger partial charge on any atom is 3.00 e. The predicted molar refractivity (Wildman–Crippen MR) is 47.6 cm³/mol. The van der Waals surface area contributed by atoms with Gasteiger partial charge in [0.2, 0.25) is 5.91 Å². The number of amides is 1. The molecular weight excluding hydrogens is 229 g/mol. The van der Waals surface area contributed by atoms with Crippen LogP contribution in [0.2, 0.25) is 0 Å². The standard InChI is InChI=1S/C7H14N2O.CH3.Y/c1-5-9(4)6(2)7(10)8-3;;/h6H,1-2,5H2,3-4H3,(H,8,10);1H3;/q-2;-1;+3. The molecule has 1 unspecified atom stereocenters. The first-order valence-corrected chi connectivity index (χ1v) is 3.17. The number of nitrogens with one attached hydrogen (secondary N) is 1. The van der Waals surface area contributed by atoms with E-state index in [4.69, 9.17) is 0 Å². The Balaban J connectivity index is -0.000000405. The third kappa shape index (κ3) is 6.09. The molecule has 3 nitrogen and oxygen atoms in total. The zero-order valence-corrected chi connectivity index (χ0v) is 11.0. The zero-order chi connectivity index (χ0) is 8.15. The Morgan fingerprint density at radius 3 is 2.33 bits per heavy atom. The Morgan fingerprint density at radius 2 is 2.08 bits per heavy atom. The Kier molecular flexibility index (Phi) is 14.7. The topological polar surface area (TPSA) is 32.3 Å². The van der Waals surface area contributed by atoms with E-state index in [9.17, 15) is 4.79 Å². The van der Waals surface area contributed by atoms with Crippen LogP contribution in [0.15, 0.2) is 0 Å². The summed E-state index contributed by atoms with van der Waals surface area (Å²) in [5.74, 6) is -0.0776. The Bertz CT molecular complexity index is 120. The molecule has 0 aliphatic rings. The van der Waals surface area contributed by atoms with E-state index in [0.29, 0.717) is 6.54 Å². The van der Waals surface area contributed by atoms with Gasteiger partial charge in [-0.1, -0.05) is 0 Å². The van der Waals surface area contributed by atoms with Gasteiger partial charge in [-0.3, -0.25) is 4.79 Å². The second-order valence-electron chi connectivity index (χ2n) is 2.11. The molecule has 0 radical (unpaired) electrons. The van der Waals surface area contributed by atoms with Gasteiger partial charge in [0, 0.05) is 7.05 Å². The first kappa shape index (κ1) is 18.3. The molecule has 0 heterocycles. The van der Waals surface area contributed by atoms with E-state index in [-0.39, 0.29) is 52.1 Å². The van der Waals surface area contributed by atoms with Crippen molar-refractivity contribution in [3.8, 4) is 0 Å². The van der Waals surface area contributed by atoms with Crippen LogP contribution in [-0.2, 0) is 37.5 Å². The van der Waals surface area contributed by atoms with Gasteiger partial charge >= 0.3 is 32.7 Å². The van der Waals surface area contributed by atoms with Gasteiger partial charge in [0.05, 0.1) is 0 Å². The van der Waals surface area contributed by atoms with Crippen molar-refractivity contribution in [2.45, 2.75) is 6.04 Å². The minimum absolute atomic E-state index is 0. The average molecular weight is 246 g/mol. The quantitative estimate of drug-likeness (QED) is 0.719. The molecule has 1 N–H and O–H groups in total. The van der Waals surface area contributed by atoms with E-state index in [1.807, 2.05) is 0 Å². The van der Waals surface area contributed by atoms with Gasteiger partial charge in [-0.15, -0.1) is 6.54 Å². The molecule has 0 rings (SSSR count). The van der Waals surface area contributed by atoms with E-state index in [1.165, 1.54) is 0 Å². The summed E-state index contributed by atoms with van der Waals surface area (Å²) in [6.45, 7) is 7.87. The Morgan fingerprint density at radius 1 is 1.67 bits per heavy atom. The number of hydrogen-bond acceptors (Lipinski definition) is 2. The molecule has 1 amide bonds. The van der Waals surface area contributed by atoms with Crippen LogP contribution in [0.1, 0.15) is 0 Å². The van der Waals surface area contributed by atoms with Crippen LogP contribution in [-0.4, -0.2) is 37.5 Å². The minimum Gasteiger partial charge on any atom is -0.360 e. The second kappa shape index (κ2) is 9.62. The number of carbonyl (C=O) groups is 1. The van der Waals surface area contributed by atoms with Crippen molar-refractivity contribution in [1.29, 1.82) is 0 Å². The fourth-order valence-electron chi connectivity index (χ4n) is 0.523. The van der Waals surface area contributed by atoms with Crippen molar-refractivity contribution < 1.29 is 37.5 Å². The molecule has 0 aromatic heterocycles. The van der Waals surface area contributed by atoms with Crippen molar-refractivity contribution in [2.75, 3.05) is 20.6 Å². The van der Waals surface area contributed by atoms with Gasteiger partial charge in [0.15, 0.2) is 0 Å². The third-order valence-corrected chi connectivity index (χ3v) is 1.43. The monoisotopic (exact) mass is 246 g/mol. The van der Waals surface area contributed by atoms with Crippen molar-refractivity contribution in [3.63, 3.8) is 0 Å². The van der Waals surface area contributed by atoms with Crippen LogP contribution >= 0.6 is 0 Å². The molecule has 0 spiro atoms. The van der Waals surface area contributed by atoms with Crippen molar-refractivity contribution in [3.05, 3.63) is 21.3 Å². The summed E-state index contributed by atoms with van der Waals surface area (Å²) in [6, 6.07) is -0.331. The van der Waals surface area contributed by atoms with Crippen molar-refractivity contribution in [2.24, 2.45) is 0 Å². The average Bonchev–Trinajstić information content (AvgIpc) is 2.00. The number of carbonyl (C=O) groups excluding carboxylic acids is 1. The molecule has 4 heteroatoms. The zero-order valence-electron chi connectivity index (χ0n) is 8.13. The molecule has 0 aliphatic heterocycles. The molecule has 0 saturated heterocycles. The summed E-state index contributed by atoms with van der Waals surface area (Å²) in [7, 11) is 3.40. The molecule has 0 aromatic rings. The third-order valence-electron chi connectivity index (χ3n) is 1.43. The number of rotatable bonds is 3. The Labute approximate surface area is 101 Å². The maximum atomic E-state index is 10.9. The fraction of sp³-hybridized carbons (Fsp3) is 0.500. The summed E-state index contributed by atoms with van der Waals surface area (Å²) in [4.78, 5) is 12.6. The summed E-state index contributed by atoms with van der Waals surface area (Å²) < 4.78 is 0. The molecule has 0 bridgehead atoms. The Hall–Kier alpha value is 0.534. The molecule has 0 saturated carbocycles. The van der Waals surface area contributed by atoms with Crippen LogP contribution in [0.5, 0.6) is 0 Å². The van der Waals surface area contributed by atoms with Crippen LogP contribution < -0.4 is 5.32 Å². The molecular formula is C8H17N2OY. The van der Waals surface area contributed by atoms with E-state index in [1.54, 1.807) is 19.0 Å². The van der Waals surface area contributed by atoms with Crippen LogP contribution in [0, 0.1) is 21.3 Å². The van der Waals surface area contributed by atoms with Gasteiger partial charge in [0.25, 0.3) is 0 Å². The maximum absolute atomic E-state index is 10.9. The molecule has 1 atom stereocenters. The molecule has 0 fully saturated rings. The molecule has 12 heavy (non-hydrogen) atoms. The summed E-state index contributed by atoms with van der Waals surface area (Å²) in [6.07, 6.45) is 0. The number of likely N-dealkylation sites (N-methyl/N-ethyl adjacent to an activating group) is 2. The predicted octanol–water partition coefficient (Wildman–Crippen LogP) is 0.149. The SMILES string of the molecule is [CH2-]CN(C)C([CH2-])C(=O)NC.[CH3-].[Y+3]. The van der Waals surface area contributed by atoms with Crippen molar-refractivity contribution >= 4 is 5.91 Å². The molecule has 0 aliphatic carbocycles.